The Morgan fingerprint density at radius 3 is 1.89 bits per heavy atom. The molecule has 1 saturated heterocycles. The van der Waals surface area contributed by atoms with E-state index in [2.05, 4.69) is 22.4 Å². The molecule has 0 bridgehead atoms. The Kier molecular flexibility index (Phi) is 7.62. The van der Waals surface area contributed by atoms with E-state index in [0.29, 0.717) is 0 Å². The molecule has 112 valence electrons. The molecule has 0 unspecified atom stereocenters. The fourth-order valence-corrected chi connectivity index (χ4v) is 3.35. The molecule has 1 aliphatic heterocycles. The molecule has 0 amide bonds. The third-order valence-electron chi connectivity index (χ3n) is 4.60. The van der Waals surface area contributed by atoms with Crippen LogP contribution in [0.2, 0.25) is 0 Å². The summed E-state index contributed by atoms with van der Waals surface area (Å²) in [6.07, 6.45) is 12.7. The van der Waals surface area contributed by atoms with Gasteiger partial charge in [0.2, 0.25) is 0 Å². The van der Waals surface area contributed by atoms with Crippen molar-refractivity contribution in [2.24, 2.45) is 0 Å². The van der Waals surface area contributed by atoms with E-state index in [4.69, 9.17) is 0 Å². The maximum atomic E-state index is 4.25. The molecule has 2 rings (SSSR count). The van der Waals surface area contributed by atoms with Crippen LogP contribution in [0.25, 0.3) is 0 Å². The van der Waals surface area contributed by atoms with Gasteiger partial charge in [0.1, 0.15) is 0 Å². The largest absolute Gasteiger partial charge is 0.301 e. The van der Waals surface area contributed by atoms with Crippen molar-refractivity contribution >= 4 is 12.6 Å². The number of hydrogen-bond donors (Lipinski definition) is 1. The molecule has 0 aromatic heterocycles. The van der Waals surface area contributed by atoms with Crippen LogP contribution >= 0.6 is 12.6 Å². The van der Waals surface area contributed by atoms with E-state index in [1.165, 1.54) is 90.5 Å². The van der Waals surface area contributed by atoms with Crippen molar-refractivity contribution in [2.75, 3.05) is 38.5 Å². The molecule has 1 aliphatic carbocycles. The van der Waals surface area contributed by atoms with Crippen LogP contribution in [0.1, 0.15) is 57.8 Å². The zero-order chi connectivity index (χ0) is 13.3. The van der Waals surface area contributed by atoms with Crippen molar-refractivity contribution in [1.82, 2.24) is 9.80 Å². The molecule has 2 fully saturated rings. The molecule has 2 nitrogen and oxygen atoms in total. The molecule has 0 N–H and O–H groups in total. The molecule has 0 aromatic carbocycles. The fraction of sp³-hybridized carbons (Fsp3) is 1.00. The van der Waals surface area contributed by atoms with Gasteiger partial charge in [-0.2, -0.15) is 12.6 Å². The van der Waals surface area contributed by atoms with Crippen LogP contribution in [0.4, 0.5) is 0 Å². The molecule has 0 aromatic rings. The monoisotopic (exact) mass is 284 g/mol. The van der Waals surface area contributed by atoms with Gasteiger partial charge in [0.25, 0.3) is 0 Å². The lowest BCUT2D eigenvalue weighted by Gasteiger charge is -2.34. The van der Waals surface area contributed by atoms with Crippen molar-refractivity contribution in [1.29, 1.82) is 0 Å². The van der Waals surface area contributed by atoms with Crippen molar-refractivity contribution in [3.05, 3.63) is 0 Å². The first kappa shape index (κ1) is 15.7. The lowest BCUT2D eigenvalue weighted by Crippen LogP contribution is -2.47. The van der Waals surface area contributed by atoms with Gasteiger partial charge in [-0.25, -0.2) is 0 Å². The predicted octanol–water partition coefficient (Wildman–Crippen LogP) is 3.43. The van der Waals surface area contributed by atoms with E-state index in [0.717, 1.165) is 11.8 Å². The van der Waals surface area contributed by atoms with E-state index < -0.39 is 0 Å². The zero-order valence-electron chi connectivity index (χ0n) is 12.5. The van der Waals surface area contributed by atoms with Gasteiger partial charge < -0.3 is 4.90 Å². The van der Waals surface area contributed by atoms with Crippen molar-refractivity contribution in [2.45, 2.75) is 63.8 Å². The number of rotatable bonds is 10. The summed E-state index contributed by atoms with van der Waals surface area (Å²) in [5, 5.41) is 0. The van der Waals surface area contributed by atoms with E-state index in [1.807, 2.05) is 0 Å². The second kappa shape index (κ2) is 9.25. The Morgan fingerprint density at radius 2 is 1.32 bits per heavy atom. The third-order valence-corrected chi connectivity index (χ3v) is 4.92. The predicted molar refractivity (Wildman–Crippen MR) is 87.2 cm³/mol. The first-order chi connectivity index (χ1) is 9.40. The minimum atomic E-state index is 0.972. The van der Waals surface area contributed by atoms with Crippen molar-refractivity contribution in [3.8, 4) is 0 Å². The number of piperazine rings is 1. The first-order valence-corrected chi connectivity index (χ1v) is 9.10. The quantitative estimate of drug-likeness (QED) is 0.485. The topological polar surface area (TPSA) is 6.48 Å². The number of thiol groups is 1. The molecule has 0 spiro atoms. The van der Waals surface area contributed by atoms with Gasteiger partial charge in [0.05, 0.1) is 0 Å². The highest BCUT2D eigenvalue weighted by atomic mass is 32.1. The Morgan fingerprint density at radius 1 is 0.737 bits per heavy atom. The third kappa shape index (κ3) is 6.50. The minimum absolute atomic E-state index is 0.972. The van der Waals surface area contributed by atoms with Gasteiger partial charge in [-0.05, 0) is 38.0 Å². The molecule has 0 atom stereocenters. The molecular formula is C16H32N2S. The zero-order valence-corrected chi connectivity index (χ0v) is 13.4. The normalized spacial score (nSPS) is 21.9. The van der Waals surface area contributed by atoms with Crippen LogP contribution in [0.3, 0.4) is 0 Å². The molecule has 1 saturated carbocycles. The molecule has 0 radical (unpaired) electrons. The highest BCUT2D eigenvalue weighted by molar-refractivity contribution is 7.80. The molecule has 3 heteroatoms. The van der Waals surface area contributed by atoms with Crippen LogP contribution in [0.5, 0.6) is 0 Å². The number of nitrogens with zero attached hydrogens (tertiary/aromatic N) is 2. The maximum Gasteiger partial charge on any atom is 0.0113 e. The Balaban J connectivity index is 1.37. The second-order valence-electron chi connectivity index (χ2n) is 6.31. The van der Waals surface area contributed by atoms with Gasteiger partial charge in [-0.15, -0.1) is 0 Å². The summed E-state index contributed by atoms with van der Waals surface area (Å²) in [6.45, 7) is 6.63. The summed E-state index contributed by atoms with van der Waals surface area (Å²) in [6, 6.07) is 0.972. The van der Waals surface area contributed by atoms with Crippen LogP contribution in [0.15, 0.2) is 0 Å². The lowest BCUT2D eigenvalue weighted by atomic mass is 10.1. The summed E-state index contributed by atoms with van der Waals surface area (Å²) in [7, 11) is 0. The number of hydrogen-bond acceptors (Lipinski definition) is 3. The molecule has 1 heterocycles. The van der Waals surface area contributed by atoms with Crippen LogP contribution in [-0.2, 0) is 0 Å². The minimum Gasteiger partial charge on any atom is -0.301 e. The van der Waals surface area contributed by atoms with Gasteiger partial charge in [-0.1, -0.05) is 32.1 Å². The fourth-order valence-electron chi connectivity index (χ4n) is 3.12. The van der Waals surface area contributed by atoms with Gasteiger partial charge in [0, 0.05) is 32.2 Å². The molecule has 19 heavy (non-hydrogen) atoms. The smallest absolute Gasteiger partial charge is 0.0113 e. The second-order valence-corrected chi connectivity index (χ2v) is 6.75. The van der Waals surface area contributed by atoms with Crippen LogP contribution in [0, 0.1) is 0 Å². The Bertz CT molecular complexity index is 223. The van der Waals surface area contributed by atoms with Crippen LogP contribution in [-0.4, -0.2) is 54.3 Å². The van der Waals surface area contributed by atoms with Crippen LogP contribution < -0.4 is 0 Å². The summed E-state index contributed by atoms with van der Waals surface area (Å²) >= 11 is 4.25. The Labute approximate surface area is 125 Å². The van der Waals surface area contributed by atoms with Gasteiger partial charge >= 0.3 is 0 Å². The van der Waals surface area contributed by atoms with Crippen molar-refractivity contribution in [3.63, 3.8) is 0 Å². The van der Waals surface area contributed by atoms with Gasteiger partial charge in [-0.3, -0.25) is 4.90 Å². The highest BCUT2D eigenvalue weighted by Gasteiger charge is 2.30. The standard InChI is InChI=1S/C16H32N2S/c19-15-7-5-3-1-2-4-6-10-17-11-13-18(14-12-17)16-8-9-16/h16,19H,1-15H2. The average molecular weight is 285 g/mol. The van der Waals surface area contributed by atoms with E-state index in [9.17, 15) is 0 Å². The average Bonchev–Trinajstić information content (AvgIpc) is 3.27. The van der Waals surface area contributed by atoms with E-state index in [-0.39, 0.29) is 0 Å². The van der Waals surface area contributed by atoms with Gasteiger partial charge in [0.15, 0.2) is 0 Å². The summed E-state index contributed by atoms with van der Waals surface area (Å²) in [5.41, 5.74) is 0. The Hall–Kier alpha value is 0.270. The number of unbranched alkanes of at least 4 members (excludes halogenated alkanes) is 6. The highest BCUT2D eigenvalue weighted by Crippen LogP contribution is 2.27. The van der Waals surface area contributed by atoms with Crippen molar-refractivity contribution < 1.29 is 0 Å². The summed E-state index contributed by atoms with van der Waals surface area (Å²) in [4.78, 5) is 5.39. The summed E-state index contributed by atoms with van der Waals surface area (Å²) in [5.74, 6) is 1.06. The van der Waals surface area contributed by atoms with E-state index >= 15 is 0 Å². The van der Waals surface area contributed by atoms with E-state index in [1.54, 1.807) is 0 Å². The first-order valence-electron chi connectivity index (χ1n) is 8.47. The summed E-state index contributed by atoms with van der Waals surface area (Å²) < 4.78 is 0. The lowest BCUT2D eigenvalue weighted by molar-refractivity contribution is 0.125. The SMILES string of the molecule is SCCCCCCCCCN1CCN(C2CC2)CC1. The maximum absolute atomic E-state index is 4.25. The molecule has 2 aliphatic rings. The molecular weight excluding hydrogens is 252 g/mol.